The van der Waals surface area contributed by atoms with Crippen molar-refractivity contribution in [2.75, 3.05) is 81.9 Å². The average Bonchev–Trinajstić information content (AvgIpc) is 4.07. The number of benzene rings is 5. The second-order valence-electron chi connectivity index (χ2n) is 17.5. The highest BCUT2D eigenvalue weighted by molar-refractivity contribution is 5.96. The van der Waals surface area contributed by atoms with Crippen LogP contribution in [0.25, 0.3) is 12.2 Å². The van der Waals surface area contributed by atoms with Crippen molar-refractivity contribution in [2.45, 2.75) is 58.2 Å². The van der Waals surface area contributed by atoms with E-state index in [0.717, 1.165) is 67.6 Å². The van der Waals surface area contributed by atoms with Gasteiger partial charge in [0.1, 0.15) is 0 Å². The molecular weight excluding hydrogens is 869 g/mol. The number of ether oxygens (including phenoxy) is 6. The molecule has 2 aliphatic heterocycles. The fourth-order valence-corrected chi connectivity index (χ4v) is 9.13. The largest absolute Gasteiger partial charge is 0.493 e. The van der Waals surface area contributed by atoms with Gasteiger partial charge < -0.3 is 43.5 Å². The third-order valence-electron chi connectivity index (χ3n) is 12.5. The zero-order valence-corrected chi connectivity index (χ0v) is 41.7. The van der Waals surface area contributed by atoms with Gasteiger partial charge in [-0.05, 0) is 93.6 Å². The number of rotatable bonds is 20. The summed E-state index contributed by atoms with van der Waals surface area (Å²) in [7, 11) is 9.36. The van der Waals surface area contributed by atoms with Gasteiger partial charge in [-0.15, -0.1) is 0 Å². The van der Waals surface area contributed by atoms with Gasteiger partial charge in [0, 0.05) is 55.9 Å². The molecule has 2 atom stereocenters. The van der Waals surface area contributed by atoms with Crippen molar-refractivity contribution in [3.05, 3.63) is 154 Å². The van der Waals surface area contributed by atoms with Gasteiger partial charge >= 0.3 is 0 Å². The van der Waals surface area contributed by atoms with Crippen LogP contribution in [0, 0.1) is 0 Å². The number of likely N-dealkylation sites (tertiary alicyclic amines) is 1. The number of nitrogens with one attached hydrogen (secondary N) is 1. The lowest BCUT2D eigenvalue weighted by Gasteiger charge is -2.31. The van der Waals surface area contributed by atoms with E-state index in [1.165, 1.54) is 5.56 Å². The quantitative estimate of drug-likeness (QED) is 0.0810. The molecule has 2 amide bonds. The first-order valence-electron chi connectivity index (χ1n) is 23.7. The third-order valence-corrected chi connectivity index (χ3v) is 12.5. The maximum Gasteiger partial charge on any atom is 0.254 e. The van der Waals surface area contributed by atoms with Gasteiger partial charge in [-0.3, -0.25) is 14.5 Å². The monoisotopic (exact) mass is 939 g/mol. The second kappa shape index (κ2) is 26.1. The number of hydrogen-bond acceptors (Lipinski definition) is 10. The van der Waals surface area contributed by atoms with Crippen LogP contribution in [0.4, 0.5) is 0 Å². The first kappa shape index (κ1) is 51.6. The maximum absolute atomic E-state index is 14.0. The Balaban J connectivity index is 0.000000232. The van der Waals surface area contributed by atoms with Crippen molar-refractivity contribution in [1.82, 2.24) is 20.0 Å². The summed E-state index contributed by atoms with van der Waals surface area (Å²) in [5.41, 5.74) is 6.80. The normalized spacial score (nSPS) is 15.9. The SMILES string of the molecule is COc1cc(C(=O)N(C/C(C)=C/c2ccccc2)CC2CCCN2)cc(OC)c1OC.COc1cc(C(=O)N(C/C(C)=C/c2ccccc2)CC2CCCN2Cc2ccccc2)cc(OC)c1OC. The summed E-state index contributed by atoms with van der Waals surface area (Å²) in [6.07, 6.45) is 8.66. The molecule has 0 aliphatic carbocycles. The van der Waals surface area contributed by atoms with Gasteiger partial charge in [-0.25, -0.2) is 0 Å². The lowest BCUT2D eigenvalue weighted by Crippen LogP contribution is -2.43. The summed E-state index contributed by atoms with van der Waals surface area (Å²) < 4.78 is 32.8. The Morgan fingerprint density at radius 3 is 1.42 bits per heavy atom. The molecule has 12 nitrogen and oxygen atoms in total. The molecule has 366 valence electrons. The smallest absolute Gasteiger partial charge is 0.254 e. The molecule has 2 fully saturated rings. The van der Waals surface area contributed by atoms with Gasteiger partial charge in [0.2, 0.25) is 11.5 Å². The molecule has 5 aromatic carbocycles. The molecule has 2 saturated heterocycles. The number of carbonyl (C=O) groups excluding carboxylic acids is 2. The summed E-state index contributed by atoms with van der Waals surface area (Å²) in [4.78, 5) is 34.0. The zero-order chi connectivity index (χ0) is 49.1. The van der Waals surface area contributed by atoms with E-state index in [1.807, 2.05) is 52.3 Å². The highest BCUT2D eigenvalue weighted by Crippen LogP contribution is 2.40. The van der Waals surface area contributed by atoms with Gasteiger partial charge in [-0.2, -0.15) is 0 Å². The van der Waals surface area contributed by atoms with E-state index in [4.69, 9.17) is 28.4 Å². The highest BCUT2D eigenvalue weighted by Gasteiger charge is 2.30. The van der Waals surface area contributed by atoms with E-state index in [0.29, 0.717) is 77.8 Å². The maximum atomic E-state index is 14.0. The van der Waals surface area contributed by atoms with Crippen molar-refractivity contribution in [3.8, 4) is 34.5 Å². The Morgan fingerprint density at radius 1 is 0.580 bits per heavy atom. The van der Waals surface area contributed by atoms with Crippen molar-refractivity contribution < 1.29 is 38.0 Å². The van der Waals surface area contributed by atoms with Crippen LogP contribution < -0.4 is 33.7 Å². The van der Waals surface area contributed by atoms with Crippen LogP contribution in [0.3, 0.4) is 0 Å². The van der Waals surface area contributed by atoms with Crippen molar-refractivity contribution in [3.63, 3.8) is 0 Å². The molecule has 69 heavy (non-hydrogen) atoms. The molecule has 5 aromatic rings. The first-order chi connectivity index (χ1) is 33.6. The highest BCUT2D eigenvalue weighted by atomic mass is 16.5. The molecule has 2 aliphatic rings. The van der Waals surface area contributed by atoms with Gasteiger partial charge in [0.05, 0.1) is 42.7 Å². The fraction of sp³-hybridized carbons (Fsp3) is 0.368. The fourth-order valence-electron chi connectivity index (χ4n) is 9.13. The minimum Gasteiger partial charge on any atom is -0.493 e. The standard InChI is InChI=1S/C32H38N2O4.C25H32N2O4/c1-24(18-25-12-7-5-8-13-25)21-34(23-28-16-11-17-33(28)22-26-14-9-6-10-15-26)32(35)27-19-29(36-2)31(38-4)30(20-27)37-3;1-18(13-19-9-6-5-7-10-19)16-27(17-21-11-8-12-26-21)25(28)20-14-22(29-2)24(31-4)23(15-20)30-3/h5-10,12-15,18-20,28H,11,16-17,21-23H2,1-4H3;5-7,9-10,13-15,21,26H,8,11-12,16-17H2,1-4H3/b24-18+;18-13+. The van der Waals surface area contributed by atoms with Crippen molar-refractivity contribution in [2.24, 2.45) is 0 Å². The molecule has 2 heterocycles. The zero-order valence-electron chi connectivity index (χ0n) is 41.7. The number of methoxy groups -OCH3 is 6. The van der Waals surface area contributed by atoms with E-state index in [-0.39, 0.29) is 17.9 Å². The number of nitrogens with zero attached hydrogens (tertiary/aromatic N) is 3. The van der Waals surface area contributed by atoms with Gasteiger partial charge in [0.15, 0.2) is 23.0 Å². The molecule has 0 radical (unpaired) electrons. The Bertz CT molecular complexity index is 2420. The number of amides is 2. The molecular formula is C57H70N4O8. The van der Waals surface area contributed by atoms with Crippen molar-refractivity contribution >= 4 is 24.0 Å². The molecule has 7 rings (SSSR count). The molecule has 1 N–H and O–H groups in total. The second-order valence-corrected chi connectivity index (χ2v) is 17.5. The Morgan fingerprint density at radius 2 is 1.01 bits per heavy atom. The van der Waals surface area contributed by atoms with Crippen molar-refractivity contribution in [1.29, 1.82) is 0 Å². The average molecular weight is 939 g/mol. The van der Waals surface area contributed by atoms with Gasteiger partial charge in [-0.1, -0.05) is 114 Å². The Labute approximate surface area is 409 Å². The summed E-state index contributed by atoms with van der Waals surface area (Å²) in [6.45, 7) is 9.42. The lowest BCUT2D eigenvalue weighted by atomic mass is 10.1. The van der Waals surface area contributed by atoms with Gasteiger partial charge in [0.25, 0.3) is 11.8 Å². The van der Waals surface area contributed by atoms with Crippen LogP contribution in [-0.4, -0.2) is 121 Å². The topological polar surface area (TPSA) is 111 Å². The predicted molar refractivity (Wildman–Crippen MR) is 275 cm³/mol. The van der Waals surface area contributed by atoms with E-state index >= 15 is 0 Å². The first-order valence-corrected chi connectivity index (χ1v) is 23.7. The minimum atomic E-state index is -0.0613. The number of hydrogen-bond donors (Lipinski definition) is 1. The summed E-state index contributed by atoms with van der Waals surface area (Å²) >= 11 is 0. The summed E-state index contributed by atoms with van der Waals surface area (Å²) in [5, 5.41) is 3.50. The van der Waals surface area contributed by atoms with Crippen LogP contribution in [0.5, 0.6) is 34.5 Å². The summed E-state index contributed by atoms with van der Waals surface area (Å²) in [5.74, 6) is 2.72. The van der Waals surface area contributed by atoms with E-state index in [2.05, 4.69) is 84.7 Å². The van der Waals surface area contributed by atoms with Crippen LogP contribution in [0.2, 0.25) is 0 Å². The molecule has 2 unspecified atom stereocenters. The molecule has 0 saturated carbocycles. The van der Waals surface area contributed by atoms with E-state index in [9.17, 15) is 9.59 Å². The Kier molecular flexibility index (Phi) is 19.5. The third kappa shape index (κ3) is 14.4. The molecule has 12 heteroatoms. The van der Waals surface area contributed by atoms with E-state index in [1.54, 1.807) is 66.9 Å². The Hall–Kier alpha value is -6.76. The van der Waals surface area contributed by atoms with Crippen LogP contribution in [0.1, 0.15) is 76.9 Å². The predicted octanol–water partition coefficient (Wildman–Crippen LogP) is 9.93. The molecule has 0 spiro atoms. The lowest BCUT2D eigenvalue weighted by molar-refractivity contribution is 0.0717. The van der Waals surface area contributed by atoms with Crippen LogP contribution >= 0.6 is 0 Å². The summed E-state index contributed by atoms with van der Waals surface area (Å²) in [6, 6.07) is 38.4. The van der Waals surface area contributed by atoms with Crippen LogP contribution in [-0.2, 0) is 6.54 Å². The van der Waals surface area contributed by atoms with E-state index < -0.39 is 0 Å². The molecule has 0 aromatic heterocycles. The van der Waals surface area contributed by atoms with Crippen LogP contribution in [0.15, 0.2) is 126 Å². The minimum absolute atomic E-state index is 0.0587. The number of carbonyl (C=O) groups is 2. The molecule has 0 bridgehead atoms.